The van der Waals surface area contributed by atoms with Gasteiger partial charge in [0.1, 0.15) is 11.4 Å². The first-order valence-corrected chi connectivity index (χ1v) is 4.65. The average molecular weight is 204 g/mol. The van der Waals surface area contributed by atoms with Gasteiger partial charge < -0.3 is 5.11 Å². The minimum Gasteiger partial charge on any atom is -0.506 e. The van der Waals surface area contributed by atoms with Crippen LogP contribution in [0.1, 0.15) is 5.69 Å². The van der Waals surface area contributed by atoms with Gasteiger partial charge in [-0.2, -0.15) is 0 Å². The van der Waals surface area contributed by atoms with Crippen LogP contribution in [0.4, 0.5) is 0 Å². The largest absolute Gasteiger partial charge is 0.506 e. The predicted octanol–water partition coefficient (Wildman–Crippen LogP) is 1.19. The molecule has 0 saturated heterocycles. The summed E-state index contributed by atoms with van der Waals surface area (Å²) in [6.07, 6.45) is 0. The fourth-order valence-electron chi connectivity index (χ4n) is 1.56. The molecule has 0 aliphatic carbocycles. The van der Waals surface area contributed by atoms with Gasteiger partial charge in [-0.15, -0.1) is 0 Å². The van der Waals surface area contributed by atoms with E-state index in [9.17, 15) is 9.90 Å². The zero-order valence-electron chi connectivity index (χ0n) is 8.64. The summed E-state index contributed by atoms with van der Waals surface area (Å²) in [5.74, 6) is 0.0980. The van der Waals surface area contributed by atoms with Crippen LogP contribution in [-0.4, -0.2) is 14.5 Å². The Morgan fingerprint density at radius 3 is 2.47 bits per heavy atom. The van der Waals surface area contributed by atoms with Crippen LogP contribution in [0, 0.1) is 6.92 Å². The van der Waals surface area contributed by atoms with E-state index < -0.39 is 0 Å². The Morgan fingerprint density at radius 1 is 1.27 bits per heavy atom. The summed E-state index contributed by atoms with van der Waals surface area (Å²) < 4.78 is 3.14. The van der Waals surface area contributed by atoms with Gasteiger partial charge in [-0.1, -0.05) is 12.1 Å². The number of aromatic nitrogens is 2. The van der Waals surface area contributed by atoms with E-state index in [4.69, 9.17) is 0 Å². The lowest BCUT2D eigenvalue weighted by Crippen LogP contribution is -2.19. The SMILES string of the molecule is Cc1cc(=O)n(-c2ccccc2O)n1C. The number of para-hydroxylation sites is 2. The van der Waals surface area contributed by atoms with Gasteiger partial charge in [0, 0.05) is 18.8 Å². The van der Waals surface area contributed by atoms with Crippen LogP contribution in [0.15, 0.2) is 35.1 Å². The second kappa shape index (κ2) is 3.31. The van der Waals surface area contributed by atoms with Crippen molar-refractivity contribution in [1.82, 2.24) is 9.36 Å². The fraction of sp³-hybridized carbons (Fsp3) is 0.182. The lowest BCUT2D eigenvalue weighted by Gasteiger charge is -2.09. The molecule has 1 N–H and O–H groups in total. The number of rotatable bonds is 1. The summed E-state index contributed by atoms with van der Waals surface area (Å²) in [4.78, 5) is 11.6. The monoisotopic (exact) mass is 204 g/mol. The van der Waals surface area contributed by atoms with E-state index in [0.717, 1.165) is 5.69 Å². The van der Waals surface area contributed by atoms with Crippen molar-refractivity contribution in [3.8, 4) is 11.4 Å². The predicted molar refractivity (Wildman–Crippen MR) is 57.4 cm³/mol. The number of phenolic OH excluding ortho intramolecular Hbond substituents is 1. The third-order valence-electron chi connectivity index (χ3n) is 2.46. The van der Waals surface area contributed by atoms with Crippen LogP contribution < -0.4 is 5.56 Å². The summed E-state index contributed by atoms with van der Waals surface area (Å²) >= 11 is 0. The summed E-state index contributed by atoms with van der Waals surface area (Å²) in [7, 11) is 1.78. The van der Waals surface area contributed by atoms with Crippen LogP contribution in [-0.2, 0) is 7.05 Å². The number of hydrogen-bond donors (Lipinski definition) is 1. The van der Waals surface area contributed by atoms with Crippen LogP contribution in [0.25, 0.3) is 5.69 Å². The summed E-state index contributed by atoms with van der Waals surface area (Å²) in [6, 6.07) is 8.30. The molecule has 0 radical (unpaired) electrons. The van der Waals surface area contributed by atoms with Crippen LogP contribution in [0.5, 0.6) is 5.75 Å². The van der Waals surface area contributed by atoms with Crippen molar-refractivity contribution < 1.29 is 5.11 Å². The van der Waals surface area contributed by atoms with Crippen molar-refractivity contribution in [2.24, 2.45) is 7.05 Å². The molecule has 1 aromatic heterocycles. The number of hydrogen-bond acceptors (Lipinski definition) is 2. The molecule has 0 spiro atoms. The van der Waals surface area contributed by atoms with E-state index in [0.29, 0.717) is 5.69 Å². The van der Waals surface area contributed by atoms with Crippen LogP contribution in [0.2, 0.25) is 0 Å². The molecular formula is C11H12N2O2. The lowest BCUT2D eigenvalue weighted by molar-refractivity contribution is 0.464. The van der Waals surface area contributed by atoms with Gasteiger partial charge >= 0.3 is 0 Å². The Morgan fingerprint density at radius 2 is 1.93 bits per heavy atom. The van der Waals surface area contributed by atoms with Crippen LogP contribution >= 0.6 is 0 Å². The van der Waals surface area contributed by atoms with Gasteiger partial charge in [0.05, 0.1) is 0 Å². The van der Waals surface area contributed by atoms with E-state index in [1.165, 1.54) is 10.7 Å². The molecule has 2 rings (SSSR count). The molecule has 1 heterocycles. The van der Waals surface area contributed by atoms with Crippen LogP contribution in [0.3, 0.4) is 0 Å². The first-order valence-electron chi connectivity index (χ1n) is 4.65. The Kier molecular flexibility index (Phi) is 2.11. The van der Waals surface area contributed by atoms with Gasteiger partial charge in [0.15, 0.2) is 0 Å². The topological polar surface area (TPSA) is 47.2 Å². The van der Waals surface area contributed by atoms with E-state index in [2.05, 4.69) is 0 Å². The van der Waals surface area contributed by atoms with Crippen molar-refractivity contribution in [2.75, 3.05) is 0 Å². The molecule has 0 amide bonds. The number of aromatic hydroxyl groups is 1. The first kappa shape index (κ1) is 9.58. The molecule has 0 unspecified atom stereocenters. The van der Waals surface area contributed by atoms with Crippen molar-refractivity contribution >= 4 is 0 Å². The van der Waals surface area contributed by atoms with E-state index >= 15 is 0 Å². The summed E-state index contributed by atoms with van der Waals surface area (Å²) in [5, 5.41) is 9.65. The third-order valence-corrected chi connectivity index (χ3v) is 2.46. The highest BCUT2D eigenvalue weighted by molar-refractivity contribution is 5.44. The molecule has 4 nitrogen and oxygen atoms in total. The molecule has 0 aliphatic heterocycles. The minimum absolute atomic E-state index is 0.0980. The quantitative estimate of drug-likeness (QED) is 0.758. The summed E-state index contributed by atoms with van der Waals surface area (Å²) in [6.45, 7) is 1.85. The van der Waals surface area contributed by atoms with E-state index in [1.807, 2.05) is 6.92 Å². The molecule has 0 fully saturated rings. The average Bonchev–Trinajstić information content (AvgIpc) is 2.43. The molecule has 4 heteroatoms. The smallest absolute Gasteiger partial charge is 0.271 e. The maximum absolute atomic E-state index is 11.6. The van der Waals surface area contributed by atoms with Gasteiger partial charge in [-0.25, -0.2) is 4.68 Å². The highest BCUT2D eigenvalue weighted by Crippen LogP contribution is 2.19. The Hall–Kier alpha value is -1.97. The molecule has 2 aromatic rings. The standard InChI is InChI=1S/C11H12N2O2/c1-8-7-11(15)13(12(8)2)9-5-3-4-6-10(9)14/h3-7,14H,1-2H3. The van der Waals surface area contributed by atoms with Crippen molar-refractivity contribution in [3.05, 3.63) is 46.4 Å². The van der Waals surface area contributed by atoms with Gasteiger partial charge in [0.2, 0.25) is 0 Å². The van der Waals surface area contributed by atoms with Gasteiger partial charge in [0.25, 0.3) is 5.56 Å². The molecular weight excluding hydrogens is 192 g/mol. The molecule has 0 atom stereocenters. The third kappa shape index (κ3) is 1.44. The molecule has 1 aromatic carbocycles. The maximum Gasteiger partial charge on any atom is 0.271 e. The molecule has 0 bridgehead atoms. The fourth-order valence-corrected chi connectivity index (χ4v) is 1.56. The Labute approximate surface area is 87.0 Å². The minimum atomic E-state index is -0.142. The highest BCUT2D eigenvalue weighted by Gasteiger charge is 2.09. The van der Waals surface area contributed by atoms with E-state index in [-0.39, 0.29) is 11.3 Å². The Bertz CT molecular complexity index is 552. The number of benzene rings is 1. The molecule has 78 valence electrons. The number of aryl methyl sites for hydroxylation is 1. The second-order valence-electron chi connectivity index (χ2n) is 3.45. The zero-order chi connectivity index (χ0) is 11.0. The van der Waals surface area contributed by atoms with E-state index in [1.54, 1.807) is 36.0 Å². The highest BCUT2D eigenvalue weighted by atomic mass is 16.3. The molecule has 15 heavy (non-hydrogen) atoms. The number of phenols is 1. The summed E-state index contributed by atoms with van der Waals surface area (Å²) in [5.41, 5.74) is 1.21. The van der Waals surface area contributed by atoms with Gasteiger partial charge in [-0.05, 0) is 19.1 Å². The second-order valence-corrected chi connectivity index (χ2v) is 3.45. The van der Waals surface area contributed by atoms with Crippen molar-refractivity contribution in [3.63, 3.8) is 0 Å². The normalized spacial score (nSPS) is 10.5. The lowest BCUT2D eigenvalue weighted by atomic mass is 10.3. The first-order chi connectivity index (χ1) is 7.11. The van der Waals surface area contributed by atoms with Crippen molar-refractivity contribution in [1.29, 1.82) is 0 Å². The molecule has 0 saturated carbocycles. The Balaban J connectivity index is 2.75. The number of nitrogens with zero attached hydrogens (tertiary/aromatic N) is 2. The van der Waals surface area contributed by atoms with Gasteiger partial charge in [-0.3, -0.25) is 9.48 Å². The zero-order valence-corrected chi connectivity index (χ0v) is 8.64. The maximum atomic E-state index is 11.6. The molecule has 0 aliphatic rings. The van der Waals surface area contributed by atoms with Crippen molar-refractivity contribution in [2.45, 2.75) is 6.92 Å².